The van der Waals surface area contributed by atoms with Crippen molar-refractivity contribution in [2.75, 3.05) is 0 Å². The lowest BCUT2D eigenvalue weighted by Crippen LogP contribution is -2.12. The minimum absolute atomic E-state index is 0.279. The van der Waals surface area contributed by atoms with Gasteiger partial charge in [-0.15, -0.1) is 0 Å². The summed E-state index contributed by atoms with van der Waals surface area (Å²) in [6.45, 7) is 13.5. The molecule has 0 unspecified atom stereocenters. The van der Waals surface area contributed by atoms with Gasteiger partial charge in [-0.25, -0.2) is 0 Å². The van der Waals surface area contributed by atoms with E-state index < -0.39 is 0 Å². The third kappa shape index (κ3) is 3.14. The minimum atomic E-state index is 0.279. The van der Waals surface area contributed by atoms with E-state index >= 15 is 0 Å². The van der Waals surface area contributed by atoms with Crippen LogP contribution in [0, 0.1) is 41.5 Å². The first-order chi connectivity index (χ1) is 11.9. The predicted octanol–water partition coefficient (Wildman–Crippen LogP) is 6.72. The molecular weight excluding hydrogens is 300 g/mol. The Labute approximate surface area is 152 Å². The first kappa shape index (κ1) is 17.5. The lowest BCUT2D eigenvalue weighted by molar-refractivity contribution is 0.915. The Morgan fingerprint density at radius 3 is 1.32 bits per heavy atom. The fourth-order valence-electron chi connectivity index (χ4n) is 3.96. The maximum Gasteiger partial charge on any atom is 0.0350 e. The highest BCUT2D eigenvalue weighted by Crippen LogP contribution is 2.40. The fraction of sp³-hybridized carbons (Fsp3) is 0.280. The van der Waals surface area contributed by atoms with Crippen LogP contribution in [-0.2, 0) is 0 Å². The number of rotatable bonds is 3. The van der Waals surface area contributed by atoms with E-state index in [1.165, 1.54) is 50.1 Å². The van der Waals surface area contributed by atoms with Crippen LogP contribution in [0.25, 0.3) is 0 Å². The molecule has 0 bridgehead atoms. The third-order valence-electron chi connectivity index (χ3n) is 5.72. The molecule has 0 aliphatic carbocycles. The molecule has 0 atom stereocenters. The fourth-order valence-corrected chi connectivity index (χ4v) is 3.96. The summed E-state index contributed by atoms with van der Waals surface area (Å²) in [5, 5.41) is 0. The Morgan fingerprint density at radius 2 is 0.880 bits per heavy atom. The largest absolute Gasteiger partial charge is 0.0622 e. The molecule has 0 saturated heterocycles. The molecule has 0 spiro atoms. The maximum atomic E-state index is 2.27. The average Bonchev–Trinajstić information content (AvgIpc) is 2.61. The van der Waals surface area contributed by atoms with Gasteiger partial charge in [0.1, 0.15) is 0 Å². The number of benzene rings is 3. The topological polar surface area (TPSA) is 0 Å². The Hall–Kier alpha value is -2.34. The summed E-state index contributed by atoms with van der Waals surface area (Å²) >= 11 is 0. The second kappa shape index (κ2) is 6.88. The average molecular weight is 328 g/mol. The molecule has 0 amide bonds. The second-order valence-electron chi connectivity index (χ2n) is 7.32. The zero-order valence-corrected chi connectivity index (χ0v) is 16.3. The van der Waals surface area contributed by atoms with Crippen molar-refractivity contribution in [3.05, 3.63) is 105 Å². The normalized spacial score (nSPS) is 11.2. The van der Waals surface area contributed by atoms with Gasteiger partial charge >= 0.3 is 0 Å². The molecule has 3 aromatic rings. The van der Waals surface area contributed by atoms with Gasteiger partial charge in [0.25, 0.3) is 0 Å². The van der Waals surface area contributed by atoms with E-state index in [1.807, 2.05) is 0 Å². The van der Waals surface area contributed by atoms with Crippen molar-refractivity contribution in [1.82, 2.24) is 0 Å². The van der Waals surface area contributed by atoms with Crippen molar-refractivity contribution in [2.24, 2.45) is 0 Å². The van der Waals surface area contributed by atoms with Crippen LogP contribution in [0.15, 0.2) is 54.6 Å². The van der Waals surface area contributed by atoms with Crippen molar-refractivity contribution in [1.29, 1.82) is 0 Å². The molecule has 0 heteroatoms. The molecule has 3 rings (SSSR count). The Kier molecular flexibility index (Phi) is 4.81. The van der Waals surface area contributed by atoms with Crippen LogP contribution in [0.4, 0.5) is 0 Å². The molecule has 0 aromatic heterocycles. The van der Waals surface area contributed by atoms with Crippen LogP contribution in [0.3, 0.4) is 0 Å². The van der Waals surface area contributed by atoms with Crippen LogP contribution < -0.4 is 0 Å². The molecule has 0 radical (unpaired) electrons. The van der Waals surface area contributed by atoms with Crippen LogP contribution in [0.1, 0.15) is 56.0 Å². The molecule has 128 valence electrons. The van der Waals surface area contributed by atoms with E-state index in [4.69, 9.17) is 0 Å². The molecule has 0 N–H and O–H groups in total. The highest BCUT2D eigenvalue weighted by molar-refractivity contribution is 5.56. The zero-order chi connectivity index (χ0) is 18.1. The molecule has 0 aliphatic heterocycles. The second-order valence-corrected chi connectivity index (χ2v) is 7.32. The quantitative estimate of drug-likeness (QED) is 0.468. The van der Waals surface area contributed by atoms with E-state index in [2.05, 4.69) is 96.1 Å². The monoisotopic (exact) mass is 328 g/mol. The number of hydrogen-bond acceptors (Lipinski definition) is 0. The van der Waals surface area contributed by atoms with Gasteiger partial charge in [0, 0.05) is 5.92 Å². The van der Waals surface area contributed by atoms with Gasteiger partial charge in [0.2, 0.25) is 0 Å². The van der Waals surface area contributed by atoms with E-state index in [1.54, 1.807) is 0 Å². The Morgan fingerprint density at radius 1 is 0.480 bits per heavy atom. The summed E-state index contributed by atoms with van der Waals surface area (Å²) in [7, 11) is 0. The van der Waals surface area contributed by atoms with Crippen LogP contribution in [-0.4, -0.2) is 0 Å². The van der Waals surface area contributed by atoms with Crippen molar-refractivity contribution in [3.63, 3.8) is 0 Å². The van der Waals surface area contributed by atoms with Gasteiger partial charge < -0.3 is 0 Å². The van der Waals surface area contributed by atoms with Crippen LogP contribution in [0.2, 0.25) is 0 Å². The summed E-state index contributed by atoms with van der Waals surface area (Å²) < 4.78 is 0. The van der Waals surface area contributed by atoms with Crippen molar-refractivity contribution >= 4 is 0 Å². The molecule has 0 nitrogen and oxygen atoms in total. The molecular formula is C25H28. The highest BCUT2D eigenvalue weighted by Gasteiger charge is 2.24. The summed E-state index contributed by atoms with van der Waals surface area (Å²) in [4.78, 5) is 0. The van der Waals surface area contributed by atoms with Crippen molar-refractivity contribution in [2.45, 2.75) is 47.5 Å². The van der Waals surface area contributed by atoms with E-state index in [-0.39, 0.29) is 5.92 Å². The first-order valence-corrected chi connectivity index (χ1v) is 9.10. The van der Waals surface area contributed by atoms with Gasteiger partial charge in [0.05, 0.1) is 0 Å². The van der Waals surface area contributed by atoms with Gasteiger partial charge in [-0.2, -0.15) is 0 Å². The van der Waals surface area contributed by atoms with E-state index in [0.717, 1.165) is 0 Å². The minimum Gasteiger partial charge on any atom is -0.0622 e. The highest BCUT2D eigenvalue weighted by atomic mass is 14.3. The zero-order valence-electron chi connectivity index (χ0n) is 16.3. The van der Waals surface area contributed by atoms with Gasteiger partial charge in [-0.05, 0) is 91.6 Å². The van der Waals surface area contributed by atoms with Crippen molar-refractivity contribution < 1.29 is 0 Å². The number of hydrogen-bond donors (Lipinski definition) is 0. The van der Waals surface area contributed by atoms with E-state index in [0.29, 0.717) is 0 Å². The van der Waals surface area contributed by atoms with E-state index in [9.17, 15) is 0 Å². The maximum absolute atomic E-state index is 2.27. The molecule has 0 aliphatic rings. The van der Waals surface area contributed by atoms with Gasteiger partial charge in [0.15, 0.2) is 0 Å². The first-order valence-electron chi connectivity index (χ1n) is 9.10. The lowest BCUT2D eigenvalue weighted by atomic mass is 9.76. The van der Waals surface area contributed by atoms with Crippen LogP contribution >= 0.6 is 0 Å². The molecule has 0 heterocycles. The Balaban J connectivity index is 2.39. The SMILES string of the molecule is Cc1ccc(C)c(C(c2ccccc2)c2c(C)ccc(C)c2C)c1C. The molecule has 3 aromatic carbocycles. The van der Waals surface area contributed by atoms with Crippen molar-refractivity contribution in [3.8, 4) is 0 Å². The summed E-state index contributed by atoms with van der Waals surface area (Å²) in [6, 6.07) is 20.0. The lowest BCUT2D eigenvalue weighted by Gasteiger charge is -2.27. The molecule has 0 fully saturated rings. The standard InChI is InChI=1S/C25H28/c1-16-12-14-18(3)23(20(16)5)25(22-10-8-7-9-11-22)24-19(4)15-13-17(2)21(24)6/h7-15,25H,1-6H3. The number of aryl methyl sites for hydroxylation is 4. The van der Waals surface area contributed by atoms with Gasteiger partial charge in [-0.3, -0.25) is 0 Å². The van der Waals surface area contributed by atoms with Crippen LogP contribution in [0.5, 0.6) is 0 Å². The Bertz CT molecular complexity index is 844. The molecule has 25 heavy (non-hydrogen) atoms. The van der Waals surface area contributed by atoms with Gasteiger partial charge in [-0.1, -0.05) is 54.6 Å². The molecule has 0 saturated carbocycles. The summed E-state index contributed by atoms with van der Waals surface area (Å²) in [5.41, 5.74) is 12.6. The third-order valence-corrected chi connectivity index (χ3v) is 5.72. The summed E-state index contributed by atoms with van der Waals surface area (Å²) in [5.74, 6) is 0.279. The summed E-state index contributed by atoms with van der Waals surface area (Å²) in [6.07, 6.45) is 0. The smallest absolute Gasteiger partial charge is 0.0350 e. The predicted molar refractivity (Wildman–Crippen MR) is 109 cm³/mol.